The minimum absolute atomic E-state index is 0.225. The first-order valence-electron chi connectivity index (χ1n) is 8.31. The first-order valence-corrected chi connectivity index (χ1v) is 9.79. The minimum atomic E-state index is -3.64. The van der Waals surface area contributed by atoms with Crippen molar-refractivity contribution in [1.82, 2.24) is 4.72 Å². The van der Waals surface area contributed by atoms with E-state index in [1.165, 1.54) is 0 Å². The summed E-state index contributed by atoms with van der Waals surface area (Å²) in [5, 5.41) is 0. The normalized spacial score (nSPS) is 11.4. The van der Waals surface area contributed by atoms with Crippen molar-refractivity contribution < 1.29 is 13.2 Å². The van der Waals surface area contributed by atoms with Gasteiger partial charge >= 0.3 is 0 Å². The predicted octanol–water partition coefficient (Wildman–Crippen LogP) is 3.98. The van der Waals surface area contributed by atoms with E-state index in [9.17, 15) is 8.42 Å². The fourth-order valence-electron chi connectivity index (χ4n) is 2.81. The van der Waals surface area contributed by atoms with Crippen LogP contribution in [0.15, 0.2) is 83.8 Å². The number of methoxy groups -OCH3 is 1. The summed E-state index contributed by atoms with van der Waals surface area (Å²) >= 11 is 0. The van der Waals surface area contributed by atoms with E-state index in [0.717, 1.165) is 16.7 Å². The van der Waals surface area contributed by atoms with Crippen LogP contribution in [0.2, 0.25) is 0 Å². The highest BCUT2D eigenvalue weighted by Gasteiger charge is 2.18. The molecule has 0 aliphatic rings. The van der Waals surface area contributed by atoms with Crippen LogP contribution in [0.3, 0.4) is 0 Å². The number of hydrogen-bond donors (Lipinski definition) is 1. The summed E-state index contributed by atoms with van der Waals surface area (Å²) in [6.07, 6.45) is 0. The van der Waals surface area contributed by atoms with Gasteiger partial charge in [0.15, 0.2) is 0 Å². The van der Waals surface area contributed by atoms with Gasteiger partial charge in [0.05, 0.1) is 11.5 Å². The largest absolute Gasteiger partial charge is 0.380 e. The van der Waals surface area contributed by atoms with Crippen molar-refractivity contribution in [3.05, 3.63) is 90.0 Å². The molecule has 0 spiro atoms. The molecule has 5 heteroatoms. The standard InChI is InChI=1S/C21H21NO3S/c1-25-16-18-9-7-8-17(14-18)15-22-26(23,24)21-13-6-5-12-20(21)19-10-3-2-4-11-19/h2-14,22H,15-16H2,1H3. The smallest absolute Gasteiger partial charge is 0.241 e. The van der Waals surface area contributed by atoms with Crippen LogP contribution in [0.25, 0.3) is 11.1 Å². The van der Waals surface area contributed by atoms with Crippen LogP contribution < -0.4 is 4.72 Å². The molecule has 1 N–H and O–H groups in total. The third-order valence-electron chi connectivity index (χ3n) is 4.03. The molecule has 0 fully saturated rings. The zero-order valence-electron chi connectivity index (χ0n) is 14.6. The SMILES string of the molecule is COCc1cccc(CNS(=O)(=O)c2ccccc2-c2ccccc2)c1. The Kier molecular flexibility index (Phi) is 5.83. The van der Waals surface area contributed by atoms with Gasteiger partial charge in [0.1, 0.15) is 0 Å². The summed E-state index contributed by atoms with van der Waals surface area (Å²) in [6, 6.07) is 24.2. The lowest BCUT2D eigenvalue weighted by Crippen LogP contribution is -2.23. The third kappa shape index (κ3) is 4.38. The Hall–Kier alpha value is -2.47. The summed E-state index contributed by atoms with van der Waals surface area (Å²) in [5.41, 5.74) is 3.46. The summed E-state index contributed by atoms with van der Waals surface area (Å²) < 4.78 is 33.6. The number of hydrogen-bond acceptors (Lipinski definition) is 3. The Morgan fingerprint density at radius 1 is 0.846 bits per heavy atom. The molecule has 0 aromatic heterocycles. The number of benzene rings is 3. The molecule has 0 aliphatic heterocycles. The van der Waals surface area contributed by atoms with Crippen LogP contribution in [0.5, 0.6) is 0 Å². The van der Waals surface area contributed by atoms with Crippen LogP contribution in [0, 0.1) is 0 Å². The summed E-state index contributed by atoms with van der Waals surface area (Å²) in [4.78, 5) is 0.277. The number of ether oxygens (including phenoxy) is 1. The highest BCUT2D eigenvalue weighted by atomic mass is 32.2. The van der Waals surface area contributed by atoms with E-state index < -0.39 is 10.0 Å². The predicted molar refractivity (Wildman–Crippen MR) is 103 cm³/mol. The van der Waals surface area contributed by atoms with Crippen LogP contribution in [-0.4, -0.2) is 15.5 Å². The maximum atomic E-state index is 12.9. The van der Waals surface area contributed by atoms with Gasteiger partial charge in [-0.05, 0) is 22.8 Å². The van der Waals surface area contributed by atoms with Crippen molar-refractivity contribution in [3.63, 3.8) is 0 Å². The Balaban J connectivity index is 1.84. The fourth-order valence-corrected chi connectivity index (χ4v) is 4.05. The first kappa shape index (κ1) is 18.3. The van der Waals surface area contributed by atoms with Crippen LogP contribution in [-0.2, 0) is 27.9 Å². The number of rotatable bonds is 7. The van der Waals surface area contributed by atoms with Crippen molar-refractivity contribution in [1.29, 1.82) is 0 Å². The lowest BCUT2D eigenvalue weighted by molar-refractivity contribution is 0.185. The second-order valence-corrected chi connectivity index (χ2v) is 7.68. The van der Waals surface area contributed by atoms with Crippen molar-refractivity contribution in [2.75, 3.05) is 7.11 Å². The molecule has 134 valence electrons. The van der Waals surface area contributed by atoms with Crippen molar-refractivity contribution >= 4 is 10.0 Å². The van der Waals surface area contributed by atoms with E-state index in [1.54, 1.807) is 19.2 Å². The summed E-state index contributed by atoms with van der Waals surface area (Å²) in [5.74, 6) is 0. The highest BCUT2D eigenvalue weighted by Crippen LogP contribution is 2.27. The second kappa shape index (κ2) is 8.27. The molecule has 0 saturated carbocycles. The van der Waals surface area contributed by atoms with Gasteiger partial charge in [0, 0.05) is 19.2 Å². The Bertz CT molecular complexity index is 969. The van der Waals surface area contributed by atoms with E-state index >= 15 is 0 Å². The summed E-state index contributed by atoms with van der Waals surface area (Å²) in [7, 11) is -2.01. The molecule has 3 aromatic rings. The van der Waals surface area contributed by atoms with Gasteiger partial charge in [0.2, 0.25) is 10.0 Å². The molecule has 0 amide bonds. The van der Waals surface area contributed by atoms with Gasteiger partial charge in [-0.2, -0.15) is 0 Å². The van der Waals surface area contributed by atoms with Crippen molar-refractivity contribution in [3.8, 4) is 11.1 Å². The minimum Gasteiger partial charge on any atom is -0.380 e. The van der Waals surface area contributed by atoms with E-state index in [1.807, 2.05) is 66.7 Å². The highest BCUT2D eigenvalue weighted by molar-refractivity contribution is 7.89. The fraction of sp³-hybridized carbons (Fsp3) is 0.143. The van der Waals surface area contributed by atoms with E-state index in [-0.39, 0.29) is 11.4 Å². The van der Waals surface area contributed by atoms with Gasteiger partial charge < -0.3 is 4.74 Å². The number of sulfonamides is 1. The topological polar surface area (TPSA) is 55.4 Å². The molecule has 3 aromatic carbocycles. The number of nitrogens with one attached hydrogen (secondary N) is 1. The van der Waals surface area contributed by atoms with Gasteiger partial charge in [-0.3, -0.25) is 0 Å². The molecule has 26 heavy (non-hydrogen) atoms. The molecular formula is C21H21NO3S. The van der Waals surface area contributed by atoms with E-state index in [2.05, 4.69) is 4.72 Å². The van der Waals surface area contributed by atoms with E-state index in [0.29, 0.717) is 12.2 Å². The molecule has 0 unspecified atom stereocenters. The Morgan fingerprint density at radius 2 is 1.54 bits per heavy atom. The molecule has 0 heterocycles. The Labute approximate surface area is 154 Å². The quantitative estimate of drug-likeness (QED) is 0.687. The van der Waals surface area contributed by atoms with Gasteiger partial charge in [-0.1, -0.05) is 72.8 Å². The van der Waals surface area contributed by atoms with Crippen molar-refractivity contribution in [2.24, 2.45) is 0 Å². The lowest BCUT2D eigenvalue weighted by Gasteiger charge is -2.12. The monoisotopic (exact) mass is 367 g/mol. The molecule has 4 nitrogen and oxygen atoms in total. The molecule has 0 bridgehead atoms. The zero-order chi connectivity index (χ0) is 18.4. The average Bonchev–Trinajstić information content (AvgIpc) is 2.68. The molecule has 3 rings (SSSR count). The summed E-state index contributed by atoms with van der Waals surface area (Å²) in [6.45, 7) is 0.723. The zero-order valence-corrected chi connectivity index (χ0v) is 15.4. The lowest BCUT2D eigenvalue weighted by atomic mass is 10.1. The maximum Gasteiger partial charge on any atom is 0.241 e. The maximum absolute atomic E-state index is 12.9. The molecule has 0 radical (unpaired) electrons. The second-order valence-electron chi connectivity index (χ2n) is 5.94. The van der Waals surface area contributed by atoms with Crippen LogP contribution >= 0.6 is 0 Å². The molecule has 0 saturated heterocycles. The van der Waals surface area contributed by atoms with Gasteiger partial charge in [-0.25, -0.2) is 13.1 Å². The van der Waals surface area contributed by atoms with E-state index in [4.69, 9.17) is 4.74 Å². The van der Waals surface area contributed by atoms with Gasteiger partial charge in [-0.15, -0.1) is 0 Å². The third-order valence-corrected chi connectivity index (χ3v) is 5.49. The molecular weight excluding hydrogens is 346 g/mol. The van der Waals surface area contributed by atoms with Gasteiger partial charge in [0.25, 0.3) is 0 Å². The van der Waals surface area contributed by atoms with Crippen molar-refractivity contribution in [2.45, 2.75) is 18.0 Å². The molecule has 0 atom stereocenters. The first-order chi connectivity index (χ1) is 12.6. The Morgan fingerprint density at radius 3 is 2.31 bits per heavy atom. The van der Waals surface area contributed by atoms with Crippen LogP contribution in [0.1, 0.15) is 11.1 Å². The van der Waals surface area contributed by atoms with Crippen LogP contribution in [0.4, 0.5) is 0 Å². The average molecular weight is 367 g/mol. The molecule has 0 aliphatic carbocycles.